The van der Waals surface area contributed by atoms with Crippen LogP contribution in [-0.4, -0.2) is 38.9 Å². The molecule has 1 saturated carbocycles. The fraction of sp³-hybridized carbons (Fsp3) is 0.533. The van der Waals surface area contributed by atoms with Crippen LogP contribution >= 0.6 is 0 Å². The molecule has 0 bridgehead atoms. The van der Waals surface area contributed by atoms with Crippen molar-refractivity contribution in [3.8, 4) is 0 Å². The van der Waals surface area contributed by atoms with Gasteiger partial charge >= 0.3 is 0 Å². The van der Waals surface area contributed by atoms with Crippen molar-refractivity contribution in [2.24, 2.45) is 0 Å². The van der Waals surface area contributed by atoms with Gasteiger partial charge in [0.1, 0.15) is 0 Å². The lowest BCUT2D eigenvalue weighted by Crippen LogP contribution is -2.26. The molecule has 112 valence electrons. The highest BCUT2D eigenvalue weighted by Gasteiger charge is 2.22. The Balaban J connectivity index is 2.03. The lowest BCUT2D eigenvalue weighted by Gasteiger charge is -2.11. The molecule has 2 aromatic rings. The summed E-state index contributed by atoms with van der Waals surface area (Å²) < 4.78 is 1.97. The van der Waals surface area contributed by atoms with Crippen LogP contribution in [0.15, 0.2) is 12.3 Å². The number of aromatic nitrogens is 3. The maximum Gasteiger partial charge on any atom is 0.252 e. The molecule has 2 heterocycles. The molecule has 0 radical (unpaired) electrons. The van der Waals surface area contributed by atoms with E-state index in [1.54, 1.807) is 12.3 Å². The number of carbonyl (C=O) groups excluding carboxylic acids is 1. The van der Waals surface area contributed by atoms with E-state index >= 15 is 0 Å². The van der Waals surface area contributed by atoms with Crippen LogP contribution in [0, 0.1) is 6.92 Å². The van der Waals surface area contributed by atoms with E-state index in [2.05, 4.69) is 15.4 Å². The molecule has 6 nitrogen and oxygen atoms in total. The SMILES string of the molecule is Cc1cc(C(=O)NCCO)c2cnn(C3CCCC3)c2n1. The first-order chi connectivity index (χ1) is 10.2. The highest BCUT2D eigenvalue weighted by Crippen LogP contribution is 2.31. The summed E-state index contributed by atoms with van der Waals surface area (Å²) in [6.45, 7) is 2.06. The normalized spacial score (nSPS) is 15.7. The lowest BCUT2D eigenvalue weighted by molar-refractivity contribution is 0.0946. The molecule has 2 N–H and O–H groups in total. The number of fused-ring (bicyclic) bond motifs is 1. The van der Waals surface area contributed by atoms with Crippen molar-refractivity contribution < 1.29 is 9.90 Å². The second-order valence-corrected chi connectivity index (χ2v) is 5.56. The standard InChI is InChI=1S/C15H20N4O2/c1-10-8-12(15(21)16-6-7-20)13-9-17-19(14(13)18-10)11-4-2-3-5-11/h8-9,11,20H,2-7H2,1H3,(H,16,21). The molecule has 1 amide bonds. The van der Waals surface area contributed by atoms with Crippen LogP contribution in [-0.2, 0) is 0 Å². The minimum absolute atomic E-state index is 0.0692. The Kier molecular flexibility index (Phi) is 3.88. The number of nitrogens with one attached hydrogen (secondary N) is 1. The third-order valence-electron chi connectivity index (χ3n) is 4.01. The molecule has 2 aromatic heterocycles. The Morgan fingerprint density at radius 3 is 2.95 bits per heavy atom. The van der Waals surface area contributed by atoms with Crippen LogP contribution in [0.4, 0.5) is 0 Å². The van der Waals surface area contributed by atoms with Crippen molar-refractivity contribution >= 4 is 16.9 Å². The van der Waals surface area contributed by atoms with Gasteiger partial charge in [-0.3, -0.25) is 4.79 Å². The summed E-state index contributed by atoms with van der Waals surface area (Å²) in [7, 11) is 0. The molecule has 3 rings (SSSR count). The Bertz CT molecular complexity index is 659. The fourth-order valence-electron chi connectivity index (χ4n) is 3.01. The number of hydrogen-bond donors (Lipinski definition) is 2. The van der Waals surface area contributed by atoms with Gasteiger partial charge in [-0.1, -0.05) is 12.8 Å². The smallest absolute Gasteiger partial charge is 0.252 e. The summed E-state index contributed by atoms with van der Waals surface area (Å²) >= 11 is 0. The number of pyridine rings is 1. The summed E-state index contributed by atoms with van der Waals surface area (Å²) in [6.07, 6.45) is 6.42. The monoisotopic (exact) mass is 288 g/mol. The van der Waals surface area contributed by atoms with Gasteiger partial charge < -0.3 is 10.4 Å². The number of rotatable bonds is 4. The van der Waals surface area contributed by atoms with Gasteiger partial charge in [0.15, 0.2) is 5.65 Å². The van der Waals surface area contributed by atoms with Gasteiger partial charge in [0.05, 0.1) is 29.8 Å². The van der Waals surface area contributed by atoms with Crippen molar-refractivity contribution in [1.29, 1.82) is 0 Å². The van der Waals surface area contributed by atoms with Gasteiger partial charge in [0.25, 0.3) is 5.91 Å². The number of aliphatic hydroxyl groups is 1. The van der Waals surface area contributed by atoms with E-state index in [4.69, 9.17) is 5.11 Å². The third kappa shape index (κ3) is 2.63. The van der Waals surface area contributed by atoms with Crippen LogP contribution in [0.5, 0.6) is 0 Å². The zero-order valence-electron chi connectivity index (χ0n) is 12.2. The first kappa shape index (κ1) is 14.0. The number of carbonyl (C=O) groups is 1. The molecule has 0 aliphatic heterocycles. The van der Waals surface area contributed by atoms with Crippen molar-refractivity contribution in [2.45, 2.75) is 38.6 Å². The number of amides is 1. The molecule has 1 aliphatic rings. The highest BCUT2D eigenvalue weighted by molar-refractivity contribution is 6.05. The summed E-state index contributed by atoms with van der Waals surface area (Å²) in [5, 5.41) is 16.8. The topological polar surface area (TPSA) is 80.0 Å². The first-order valence-electron chi connectivity index (χ1n) is 7.44. The summed E-state index contributed by atoms with van der Waals surface area (Å²) in [5.74, 6) is -0.189. The molecule has 0 spiro atoms. The number of nitrogens with zero attached hydrogens (tertiary/aromatic N) is 3. The Morgan fingerprint density at radius 1 is 1.48 bits per heavy atom. The van der Waals surface area contributed by atoms with Crippen molar-refractivity contribution in [2.75, 3.05) is 13.2 Å². The fourth-order valence-corrected chi connectivity index (χ4v) is 3.01. The van der Waals surface area contributed by atoms with E-state index in [0.29, 0.717) is 11.6 Å². The predicted octanol–water partition coefficient (Wildman–Crippen LogP) is 1.58. The molecule has 0 aromatic carbocycles. The molecular formula is C15H20N4O2. The van der Waals surface area contributed by atoms with E-state index < -0.39 is 0 Å². The second kappa shape index (κ2) is 5.81. The summed E-state index contributed by atoms with van der Waals surface area (Å²) in [5.41, 5.74) is 2.17. The van der Waals surface area contributed by atoms with Crippen LogP contribution in [0.1, 0.15) is 47.8 Å². The number of aliphatic hydroxyl groups excluding tert-OH is 1. The summed E-state index contributed by atoms with van der Waals surface area (Å²) in [6, 6.07) is 2.17. The number of aryl methyl sites for hydroxylation is 1. The van der Waals surface area contributed by atoms with E-state index in [9.17, 15) is 4.79 Å². The van der Waals surface area contributed by atoms with Crippen LogP contribution in [0.2, 0.25) is 0 Å². The van der Waals surface area contributed by atoms with E-state index in [0.717, 1.165) is 29.6 Å². The lowest BCUT2D eigenvalue weighted by atomic mass is 10.1. The van der Waals surface area contributed by atoms with Gasteiger partial charge in [0, 0.05) is 12.2 Å². The molecule has 0 saturated heterocycles. The zero-order valence-corrected chi connectivity index (χ0v) is 12.2. The molecule has 0 atom stereocenters. The molecule has 6 heteroatoms. The first-order valence-corrected chi connectivity index (χ1v) is 7.44. The van der Waals surface area contributed by atoms with E-state index in [-0.39, 0.29) is 19.1 Å². The zero-order chi connectivity index (χ0) is 14.8. The molecule has 21 heavy (non-hydrogen) atoms. The van der Waals surface area contributed by atoms with Crippen molar-refractivity contribution in [1.82, 2.24) is 20.1 Å². The molecule has 0 unspecified atom stereocenters. The minimum atomic E-state index is -0.189. The van der Waals surface area contributed by atoms with E-state index in [1.807, 2.05) is 11.6 Å². The average molecular weight is 288 g/mol. The quantitative estimate of drug-likeness (QED) is 0.895. The highest BCUT2D eigenvalue weighted by atomic mass is 16.3. The summed E-state index contributed by atoms with van der Waals surface area (Å²) in [4.78, 5) is 16.8. The van der Waals surface area contributed by atoms with Crippen LogP contribution in [0.25, 0.3) is 11.0 Å². The largest absolute Gasteiger partial charge is 0.395 e. The van der Waals surface area contributed by atoms with Crippen molar-refractivity contribution in [3.63, 3.8) is 0 Å². The van der Waals surface area contributed by atoms with Crippen molar-refractivity contribution in [3.05, 3.63) is 23.5 Å². The molecule has 1 aliphatic carbocycles. The average Bonchev–Trinajstić information content (AvgIpc) is 3.12. The predicted molar refractivity (Wildman–Crippen MR) is 79.2 cm³/mol. The third-order valence-corrected chi connectivity index (χ3v) is 4.01. The van der Waals surface area contributed by atoms with Gasteiger partial charge in [-0.25, -0.2) is 9.67 Å². The van der Waals surface area contributed by atoms with E-state index in [1.165, 1.54) is 12.8 Å². The van der Waals surface area contributed by atoms with Crippen LogP contribution in [0.3, 0.4) is 0 Å². The Morgan fingerprint density at radius 2 is 2.24 bits per heavy atom. The van der Waals surface area contributed by atoms with Gasteiger partial charge in [0.2, 0.25) is 0 Å². The van der Waals surface area contributed by atoms with Gasteiger partial charge in [-0.05, 0) is 25.8 Å². The number of hydrogen-bond acceptors (Lipinski definition) is 4. The molecule has 1 fully saturated rings. The molecular weight excluding hydrogens is 268 g/mol. The maximum atomic E-state index is 12.2. The van der Waals surface area contributed by atoms with Crippen LogP contribution < -0.4 is 5.32 Å². The maximum absolute atomic E-state index is 12.2. The van der Waals surface area contributed by atoms with Gasteiger partial charge in [-0.2, -0.15) is 5.10 Å². The Labute approximate surface area is 123 Å². The Hall–Kier alpha value is -1.95. The minimum Gasteiger partial charge on any atom is -0.395 e. The second-order valence-electron chi connectivity index (χ2n) is 5.56. The van der Waals surface area contributed by atoms with Gasteiger partial charge in [-0.15, -0.1) is 0 Å².